The number of aromatic amines is 1. The molecule has 0 bridgehead atoms. The van der Waals surface area contributed by atoms with Crippen LogP contribution in [0.25, 0.3) is 17.0 Å². The van der Waals surface area contributed by atoms with Crippen molar-refractivity contribution in [1.82, 2.24) is 14.8 Å². The molecule has 0 spiro atoms. The standard InChI is InChI=1S/C31H26F6N4O2/c32-30(33,34)22-13-20(14-23(16-22)31(35,36)37)29(43)41-12-11-40(28(42)10-7-19-5-8-24(38)9-6-19)18-25(41)15-21-17-39-27-4-2-1-3-26(21)27/h1-10,13-14,16-17,25,39H,11-12,15,18,38H2/b10-7+/t25-/m1/s1. The molecule has 0 saturated carbocycles. The average molecular weight is 601 g/mol. The highest BCUT2D eigenvalue weighted by Crippen LogP contribution is 2.37. The van der Waals surface area contributed by atoms with Crippen LogP contribution in [-0.4, -0.2) is 52.3 Å². The van der Waals surface area contributed by atoms with Crippen LogP contribution in [0.3, 0.4) is 0 Å². The van der Waals surface area contributed by atoms with Gasteiger partial charge in [0.1, 0.15) is 0 Å². The lowest BCUT2D eigenvalue weighted by Crippen LogP contribution is -2.57. The van der Waals surface area contributed by atoms with Crippen molar-refractivity contribution < 1.29 is 35.9 Å². The van der Waals surface area contributed by atoms with E-state index in [1.165, 1.54) is 15.9 Å². The lowest BCUT2D eigenvalue weighted by atomic mass is 9.98. The molecule has 5 rings (SSSR count). The molecule has 0 aliphatic carbocycles. The van der Waals surface area contributed by atoms with Gasteiger partial charge in [-0.1, -0.05) is 30.3 Å². The van der Waals surface area contributed by atoms with Crippen LogP contribution in [0, 0.1) is 0 Å². The third-order valence-electron chi connectivity index (χ3n) is 7.38. The highest BCUT2D eigenvalue weighted by molar-refractivity contribution is 5.96. The molecular weight excluding hydrogens is 574 g/mol. The van der Waals surface area contributed by atoms with E-state index in [0.29, 0.717) is 17.8 Å². The number of para-hydroxylation sites is 1. The van der Waals surface area contributed by atoms with Gasteiger partial charge in [0.2, 0.25) is 5.91 Å². The summed E-state index contributed by atoms with van der Waals surface area (Å²) in [7, 11) is 0. The molecule has 0 radical (unpaired) electrons. The van der Waals surface area contributed by atoms with E-state index in [1.807, 2.05) is 24.3 Å². The predicted octanol–water partition coefficient (Wildman–Crippen LogP) is 6.40. The first-order valence-corrected chi connectivity index (χ1v) is 13.3. The normalized spacial score (nSPS) is 16.3. The van der Waals surface area contributed by atoms with Crippen molar-refractivity contribution in [3.8, 4) is 0 Å². The molecule has 1 aromatic heterocycles. The molecule has 4 aromatic rings. The number of aromatic nitrogens is 1. The first-order valence-electron chi connectivity index (χ1n) is 13.3. The number of alkyl halides is 6. The second-order valence-corrected chi connectivity index (χ2v) is 10.3. The minimum absolute atomic E-state index is 0.00971. The first-order chi connectivity index (χ1) is 20.3. The summed E-state index contributed by atoms with van der Waals surface area (Å²) in [5, 5.41) is 0.847. The molecule has 43 heavy (non-hydrogen) atoms. The van der Waals surface area contributed by atoms with E-state index >= 15 is 0 Å². The number of hydrogen-bond donors (Lipinski definition) is 2. The van der Waals surface area contributed by atoms with Gasteiger partial charge in [0.05, 0.1) is 17.2 Å². The maximum atomic E-state index is 13.6. The topological polar surface area (TPSA) is 82.4 Å². The number of fused-ring (bicyclic) bond motifs is 1. The number of H-pyrrole nitrogens is 1. The summed E-state index contributed by atoms with van der Waals surface area (Å²) in [6.45, 7) is -0.0434. The summed E-state index contributed by atoms with van der Waals surface area (Å²) in [5.74, 6) is -1.34. The van der Waals surface area contributed by atoms with Crippen LogP contribution in [-0.2, 0) is 23.6 Å². The molecular formula is C31H26F6N4O2. The molecule has 6 nitrogen and oxygen atoms in total. The molecule has 2 amide bonds. The third kappa shape index (κ3) is 6.68. The van der Waals surface area contributed by atoms with Crippen LogP contribution < -0.4 is 5.73 Å². The summed E-state index contributed by atoms with van der Waals surface area (Å²) in [5.41, 5.74) is 4.73. The van der Waals surface area contributed by atoms with Crippen molar-refractivity contribution >= 4 is 34.5 Å². The number of hydrogen-bond acceptors (Lipinski definition) is 3. The molecule has 1 atom stereocenters. The Balaban J connectivity index is 1.46. The van der Waals surface area contributed by atoms with Gasteiger partial charge in [0.15, 0.2) is 0 Å². The second-order valence-electron chi connectivity index (χ2n) is 10.3. The van der Waals surface area contributed by atoms with Crippen molar-refractivity contribution in [3.63, 3.8) is 0 Å². The van der Waals surface area contributed by atoms with Crippen LogP contribution in [0.4, 0.5) is 32.0 Å². The van der Waals surface area contributed by atoms with Crippen molar-refractivity contribution in [1.29, 1.82) is 0 Å². The number of piperazine rings is 1. The highest BCUT2D eigenvalue weighted by atomic mass is 19.4. The Labute approximate surface area is 242 Å². The Kier molecular flexibility index (Phi) is 7.96. The SMILES string of the molecule is Nc1ccc(/C=C/C(=O)N2CCN(C(=O)c3cc(C(F)(F)F)cc(C(F)(F)F)c3)[C@H](Cc3c[nH]c4ccccc34)C2)cc1. The molecule has 1 saturated heterocycles. The van der Waals surface area contributed by atoms with Gasteiger partial charge in [0, 0.05) is 54.1 Å². The zero-order chi connectivity index (χ0) is 30.9. The van der Waals surface area contributed by atoms with Crippen LogP contribution >= 0.6 is 0 Å². The average Bonchev–Trinajstić information content (AvgIpc) is 3.38. The summed E-state index contributed by atoms with van der Waals surface area (Å²) < 4.78 is 81.1. The quantitative estimate of drug-likeness (QED) is 0.158. The maximum absolute atomic E-state index is 13.6. The second kappa shape index (κ2) is 11.5. The zero-order valence-corrected chi connectivity index (χ0v) is 22.5. The number of benzene rings is 3. The minimum atomic E-state index is -5.10. The van der Waals surface area contributed by atoms with E-state index in [-0.39, 0.29) is 38.0 Å². The van der Waals surface area contributed by atoms with Crippen LogP contribution in [0.5, 0.6) is 0 Å². The molecule has 2 heterocycles. The van der Waals surface area contributed by atoms with Gasteiger partial charge in [-0.3, -0.25) is 9.59 Å². The fraction of sp³-hybridized carbons (Fsp3) is 0.226. The highest BCUT2D eigenvalue weighted by Gasteiger charge is 2.39. The van der Waals surface area contributed by atoms with E-state index < -0.39 is 41.0 Å². The number of halogens is 6. The van der Waals surface area contributed by atoms with Gasteiger partial charge in [0.25, 0.3) is 5.91 Å². The number of anilines is 1. The third-order valence-corrected chi connectivity index (χ3v) is 7.38. The molecule has 3 aromatic carbocycles. The Morgan fingerprint density at radius 1 is 0.907 bits per heavy atom. The van der Waals surface area contributed by atoms with E-state index in [1.54, 1.807) is 36.5 Å². The van der Waals surface area contributed by atoms with Crippen LogP contribution in [0.1, 0.15) is 32.6 Å². The number of nitrogens with zero attached hydrogens (tertiary/aromatic N) is 2. The van der Waals surface area contributed by atoms with E-state index in [2.05, 4.69) is 4.98 Å². The van der Waals surface area contributed by atoms with Gasteiger partial charge < -0.3 is 20.5 Å². The molecule has 224 valence electrons. The van der Waals surface area contributed by atoms with Crippen molar-refractivity contribution in [2.75, 3.05) is 25.4 Å². The van der Waals surface area contributed by atoms with Crippen LogP contribution in [0.15, 0.2) is 79.0 Å². The number of rotatable bonds is 5. The Morgan fingerprint density at radius 2 is 1.56 bits per heavy atom. The Morgan fingerprint density at radius 3 is 2.21 bits per heavy atom. The summed E-state index contributed by atoms with van der Waals surface area (Å²) in [6.07, 6.45) is -5.28. The number of amides is 2. The van der Waals surface area contributed by atoms with Gasteiger partial charge in [-0.2, -0.15) is 26.3 Å². The van der Waals surface area contributed by atoms with Gasteiger partial charge in [-0.25, -0.2) is 0 Å². The minimum Gasteiger partial charge on any atom is -0.399 e. The molecule has 1 aliphatic heterocycles. The van der Waals surface area contributed by atoms with Gasteiger partial charge in [-0.05, 0) is 60.0 Å². The maximum Gasteiger partial charge on any atom is 0.416 e. The zero-order valence-electron chi connectivity index (χ0n) is 22.5. The summed E-state index contributed by atoms with van der Waals surface area (Å²) >= 11 is 0. The molecule has 0 unspecified atom stereocenters. The monoisotopic (exact) mass is 600 g/mol. The molecule has 1 fully saturated rings. The number of carbonyl (C=O) groups excluding carboxylic acids is 2. The van der Waals surface area contributed by atoms with Crippen molar-refractivity contribution in [2.24, 2.45) is 0 Å². The number of carbonyl (C=O) groups is 2. The number of nitrogens with one attached hydrogen (secondary N) is 1. The molecule has 3 N–H and O–H groups in total. The van der Waals surface area contributed by atoms with Crippen LogP contribution in [0.2, 0.25) is 0 Å². The van der Waals surface area contributed by atoms with E-state index in [9.17, 15) is 35.9 Å². The van der Waals surface area contributed by atoms with Crippen molar-refractivity contribution in [2.45, 2.75) is 24.8 Å². The number of nitrogens with two attached hydrogens (primary N) is 1. The Bertz CT molecular complexity index is 1640. The largest absolute Gasteiger partial charge is 0.416 e. The fourth-order valence-corrected chi connectivity index (χ4v) is 5.18. The molecule has 12 heteroatoms. The van der Waals surface area contributed by atoms with Gasteiger partial charge >= 0.3 is 12.4 Å². The van der Waals surface area contributed by atoms with E-state index in [4.69, 9.17) is 5.73 Å². The number of nitrogen functional groups attached to an aromatic ring is 1. The first kappa shape index (κ1) is 29.7. The van der Waals surface area contributed by atoms with E-state index in [0.717, 1.165) is 22.0 Å². The summed E-state index contributed by atoms with van der Waals surface area (Å²) in [4.78, 5) is 32.6. The van der Waals surface area contributed by atoms with Gasteiger partial charge in [-0.15, -0.1) is 0 Å². The lowest BCUT2D eigenvalue weighted by Gasteiger charge is -2.41. The fourth-order valence-electron chi connectivity index (χ4n) is 5.18. The lowest BCUT2D eigenvalue weighted by molar-refractivity contribution is -0.143. The molecule has 1 aliphatic rings. The Hall–Kier alpha value is -4.74. The van der Waals surface area contributed by atoms with Crippen molar-refractivity contribution in [3.05, 3.63) is 107 Å². The summed E-state index contributed by atoms with van der Waals surface area (Å²) in [6, 6.07) is 14.3. The smallest absolute Gasteiger partial charge is 0.399 e. The predicted molar refractivity (Wildman–Crippen MR) is 150 cm³/mol.